The van der Waals surface area contributed by atoms with Gasteiger partial charge in [0.2, 0.25) is 5.91 Å². The molecule has 160 valence electrons. The predicted molar refractivity (Wildman–Crippen MR) is 127 cm³/mol. The summed E-state index contributed by atoms with van der Waals surface area (Å²) in [6, 6.07) is 19.5. The van der Waals surface area contributed by atoms with Gasteiger partial charge in [-0.15, -0.1) is 0 Å². The second-order valence-electron chi connectivity index (χ2n) is 7.23. The van der Waals surface area contributed by atoms with E-state index in [0.717, 1.165) is 26.7 Å². The van der Waals surface area contributed by atoms with Gasteiger partial charge in [0, 0.05) is 4.47 Å². The highest BCUT2D eigenvalue weighted by atomic mass is 79.9. The maximum absolute atomic E-state index is 12.2. The van der Waals surface area contributed by atoms with Gasteiger partial charge in [-0.3, -0.25) is 4.79 Å². The van der Waals surface area contributed by atoms with Crippen LogP contribution in [0.4, 0.5) is 0 Å². The molecule has 3 rings (SSSR count). The molecular weight excluding hydrogens is 456 g/mol. The maximum atomic E-state index is 12.2. The van der Waals surface area contributed by atoms with Crippen LogP contribution >= 0.6 is 15.9 Å². The molecule has 0 aliphatic rings. The Balaban J connectivity index is 1.57. The maximum Gasteiger partial charge on any atom is 0.244 e. The van der Waals surface area contributed by atoms with Crippen molar-refractivity contribution in [3.63, 3.8) is 0 Å². The summed E-state index contributed by atoms with van der Waals surface area (Å²) in [5.74, 6) is 1.08. The molecule has 0 atom stereocenters. The zero-order chi connectivity index (χ0) is 22.2. The van der Waals surface area contributed by atoms with E-state index in [1.54, 1.807) is 13.3 Å². The van der Waals surface area contributed by atoms with Gasteiger partial charge in [-0.25, -0.2) is 5.43 Å². The van der Waals surface area contributed by atoms with Crippen molar-refractivity contribution in [2.45, 2.75) is 26.9 Å². The zero-order valence-corrected chi connectivity index (χ0v) is 19.4. The SMILES string of the molecule is COc1cc(/C=N\NC(=O)Cc2ccc(C)cc2C)ccc1OCc1ccc(Br)cc1. The Hall–Kier alpha value is -3.12. The molecule has 0 bridgehead atoms. The van der Waals surface area contributed by atoms with Gasteiger partial charge in [-0.05, 0) is 66.4 Å². The lowest BCUT2D eigenvalue weighted by atomic mass is 10.0. The number of halogens is 1. The lowest BCUT2D eigenvalue weighted by Crippen LogP contribution is -2.20. The summed E-state index contributed by atoms with van der Waals surface area (Å²) in [6.45, 7) is 4.48. The average molecular weight is 481 g/mol. The fourth-order valence-electron chi connectivity index (χ4n) is 3.06. The number of hydrogen-bond donors (Lipinski definition) is 1. The summed E-state index contributed by atoms with van der Waals surface area (Å²) >= 11 is 3.42. The highest BCUT2D eigenvalue weighted by Crippen LogP contribution is 2.28. The molecule has 0 aliphatic carbocycles. The molecule has 3 aromatic carbocycles. The molecule has 0 saturated carbocycles. The van der Waals surface area contributed by atoms with E-state index in [9.17, 15) is 4.79 Å². The smallest absolute Gasteiger partial charge is 0.244 e. The molecule has 0 saturated heterocycles. The number of hydrazone groups is 1. The van der Waals surface area contributed by atoms with E-state index in [4.69, 9.17) is 9.47 Å². The normalized spacial score (nSPS) is 10.8. The number of carbonyl (C=O) groups is 1. The van der Waals surface area contributed by atoms with E-state index < -0.39 is 0 Å². The second kappa shape index (κ2) is 10.8. The molecule has 6 heteroatoms. The van der Waals surface area contributed by atoms with Crippen LogP contribution in [0.2, 0.25) is 0 Å². The average Bonchev–Trinajstić information content (AvgIpc) is 2.75. The van der Waals surface area contributed by atoms with Crippen LogP contribution in [0.3, 0.4) is 0 Å². The van der Waals surface area contributed by atoms with Gasteiger partial charge in [-0.1, -0.05) is 51.8 Å². The summed E-state index contributed by atoms with van der Waals surface area (Å²) in [5.41, 5.74) is 7.70. The minimum atomic E-state index is -0.162. The van der Waals surface area contributed by atoms with Crippen molar-refractivity contribution >= 4 is 28.1 Å². The first-order valence-electron chi connectivity index (χ1n) is 9.88. The first kappa shape index (κ1) is 22.6. The first-order valence-corrected chi connectivity index (χ1v) is 10.7. The third-order valence-corrected chi connectivity index (χ3v) is 5.28. The number of benzene rings is 3. The molecule has 0 heterocycles. The van der Waals surface area contributed by atoms with E-state index in [1.165, 1.54) is 5.56 Å². The molecule has 5 nitrogen and oxygen atoms in total. The van der Waals surface area contributed by atoms with E-state index in [2.05, 4.69) is 32.5 Å². The van der Waals surface area contributed by atoms with Crippen molar-refractivity contribution in [2.75, 3.05) is 7.11 Å². The molecule has 0 fully saturated rings. The molecular formula is C25H25BrN2O3. The fraction of sp³-hybridized carbons (Fsp3) is 0.200. The minimum Gasteiger partial charge on any atom is -0.493 e. The Morgan fingerprint density at radius 3 is 2.52 bits per heavy atom. The van der Waals surface area contributed by atoms with Crippen LogP contribution in [0.1, 0.15) is 27.8 Å². The number of carbonyl (C=O) groups excluding carboxylic acids is 1. The van der Waals surface area contributed by atoms with Crippen LogP contribution in [-0.2, 0) is 17.8 Å². The standard InChI is InChI=1S/C25H25BrN2O3/c1-17-4-8-21(18(2)12-17)14-25(29)28-27-15-20-7-11-23(24(13-20)30-3)31-16-19-5-9-22(26)10-6-19/h4-13,15H,14,16H2,1-3H3,(H,28,29)/b27-15-. The Morgan fingerprint density at radius 1 is 1.03 bits per heavy atom. The van der Waals surface area contributed by atoms with Crippen LogP contribution < -0.4 is 14.9 Å². The number of rotatable bonds is 8. The Morgan fingerprint density at radius 2 is 1.81 bits per heavy atom. The van der Waals surface area contributed by atoms with Crippen molar-refractivity contribution in [3.8, 4) is 11.5 Å². The monoisotopic (exact) mass is 480 g/mol. The predicted octanol–water partition coefficient (Wildman–Crippen LogP) is 5.35. The van der Waals surface area contributed by atoms with E-state index in [0.29, 0.717) is 18.1 Å². The summed E-state index contributed by atoms with van der Waals surface area (Å²) in [6.07, 6.45) is 1.87. The topological polar surface area (TPSA) is 59.9 Å². The lowest BCUT2D eigenvalue weighted by Gasteiger charge is -2.11. The first-order chi connectivity index (χ1) is 14.9. The Kier molecular flexibility index (Phi) is 7.84. The molecule has 31 heavy (non-hydrogen) atoms. The molecule has 0 radical (unpaired) electrons. The number of nitrogens with one attached hydrogen (secondary N) is 1. The molecule has 1 amide bonds. The van der Waals surface area contributed by atoms with E-state index >= 15 is 0 Å². The van der Waals surface area contributed by atoms with Gasteiger partial charge in [0.15, 0.2) is 11.5 Å². The number of methoxy groups -OCH3 is 1. The summed E-state index contributed by atoms with van der Waals surface area (Å²) in [7, 11) is 1.59. The van der Waals surface area contributed by atoms with Gasteiger partial charge in [0.1, 0.15) is 6.61 Å². The highest BCUT2D eigenvalue weighted by molar-refractivity contribution is 9.10. The van der Waals surface area contributed by atoms with Crippen molar-refractivity contribution in [3.05, 3.63) is 93.0 Å². The number of amides is 1. The van der Waals surface area contributed by atoms with Crippen LogP contribution in [0, 0.1) is 13.8 Å². The van der Waals surface area contributed by atoms with Crippen molar-refractivity contribution < 1.29 is 14.3 Å². The number of nitrogens with zero attached hydrogens (tertiary/aromatic N) is 1. The van der Waals surface area contributed by atoms with Gasteiger partial charge >= 0.3 is 0 Å². The minimum absolute atomic E-state index is 0.162. The molecule has 3 aromatic rings. The number of ether oxygens (including phenoxy) is 2. The quantitative estimate of drug-likeness (QED) is 0.349. The molecule has 0 spiro atoms. The van der Waals surface area contributed by atoms with Gasteiger partial charge in [0.25, 0.3) is 0 Å². The Bertz CT molecular complexity index is 1080. The van der Waals surface area contributed by atoms with Gasteiger partial charge in [0.05, 0.1) is 19.7 Å². The largest absolute Gasteiger partial charge is 0.493 e. The molecule has 0 aliphatic heterocycles. The molecule has 1 N–H and O–H groups in total. The lowest BCUT2D eigenvalue weighted by molar-refractivity contribution is -0.120. The van der Waals surface area contributed by atoms with Crippen LogP contribution in [0.25, 0.3) is 0 Å². The Labute approximate surface area is 191 Å². The van der Waals surface area contributed by atoms with E-state index in [-0.39, 0.29) is 12.3 Å². The van der Waals surface area contributed by atoms with Crippen molar-refractivity contribution in [1.29, 1.82) is 0 Å². The number of aryl methyl sites for hydroxylation is 2. The van der Waals surface area contributed by atoms with Gasteiger partial charge in [-0.2, -0.15) is 5.10 Å². The van der Waals surface area contributed by atoms with Crippen LogP contribution in [-0.4, -0.2) is 19.2 Å². The van der Waals surface area contributed by atoms with Gasteiger partial charge < -0.3 is 9.47 Å². The van der Waals surface area contributed by atoms with Crippen molar-refractivity contribution in [1.82, 2.24) is 5.43 Å². The van der Waals surface area contributed by atoms with E-state index in [1.807, 2.05) is 68.4 Å². The number of hydrogen-bond acceptors (Lipinski definition) is 4. The highest BCUT2D eigenvalue weighted by Gasteiger charge is 2.07. The van der Waals surface area contributed by atoms with Crippen molar-refractivity contribution in [2.24, 2.45) is 5.10 Å². The summed E-state index contributed by atoms with van der Waals surface area (Å²) in [4.78, 5) is 12.2. The zero-order valence-electron chi connectivity index (χ0n) is 17.8. The fourth-order valence-corrected chi connectivity index (χ4v) is 3.33. The summed E-state index contributed by atoms with van der Waals surface area (Å²) in [5, 5.41) is 4.07. The summed E-state index contributed by atoms with van der Waals surface area (Å²) < 4.78 is 12.4. The third-order valence-electron chi connectivity index (χ3n) is 4.75. The van der Waals surface area contributed by atoms with Crippen LogP contribution in [0.15, 0.2) is 70.2 Å². The van der Waals surface area contributed by atoms with Crippen LogP contribution in [0.5, 0.6) is 11.5 Å². The molecule has 0 unspecified atom stereocenters. The second-order valence-corrected chi connectivity index (χ2v) is 8.14. The molecule has 0 aromatic heterocycles. The third kappa shape index (κ3) is 6.69.